The first-order valence-corrected chi connectivity index (χ1v) is 13.8. The fourth-order valence-corrected chi connectivity index (χ4v) is 5.99. The molecule has 1 aliphatic carbocycles. The number of hydrogen-bond donors (Lipinski definition) is 0. The fourth-order valence-electron chi connectivity index (χ4n) is 5.99. The molecule has 1 fully saturated rings. The number of ether oxygens (including phenoxy) is 2. The highest BCUT2D eigenvalue weighted by Crippen LogP contribution is 2.37. The number of benzene rings is 3. The van der Waals surface area contributed by atoms with Gasteiger partial charge >= 0.3 is 0 Å². The maximum absolute atomic E-state index is 13.1. The predicted molar refractivity (Wildman–Crippen MR) is 155 cm³/mol. The Morgan fingerprint density at radius 2 is 1.45 bits per heavy atom. The lowest BCUT2D eigenvalue weighted by atomic mass is 9.82. The molecule has 0 amide bonds. The summed E-state index contributed by atoms with van der Waals surface area (Å²) in [7, 11) is 3.25. The van der Waals surface area contributed by atoms with Crippen LogP contribution in [0.3, 0.4) is 0 Å². The SMILES string of the molecule is COc1ccc([C@@H]2CC(=O)c3cnc(N4CCN(C(c5ccccc5)c5ccccc5)CC4)nc3C2)cc1OC. The minimum absolute atomic E-state index is 0.0388. The number of ketones is 1. The van der Waals surface area contributed by atoms with Gasteiger partial charge in [-0.2, -0.15) is 0 Å². The van der Waals surface area contributed by atoms with Gasteiger partial charge in [0.2, 0.25) is 5.95 Å². The van der Waals surface area contributed by atoms with Crippen LogP contribution in [0, 0.1) is 0 Å². The van der Waals surface area contributed by atoms with Crippen LogP contribution in [0.2, 0.25) is 0 Å². The van der Waals surface area contributed by atoms with Crippen molar-refractivity contribution in [1.82, 2.24) is 14.9 Å². The van der Waals surface area contributed by atoms with Crippen LogP contribution in [0.25, 0.3) is 0 Å². The first-order valence-electron chi connectivity index (χ1n) is 13.8. The second kappa shape index (κ2) is 11.5. The lowest BCUT2D eigenvalue weighted by Crippen LogP contribution is -2.48. The number of carbonyl (C=O) groups is 1. The fraction of sp³-hybridized carbons (Fsp3) is 0.303. The zero-order valence-corrected chi connectivity index (χ0v) is 23.0. The van der Waals surface area contributed by atoms with Crippen LogP contribution in [-0.4, -0.2) is 61.0 Å². The van der Waals surface area contributed by atoms with Gasteiger partial charge in [-0.3, -0.25) is 9.69 Å². The Kier molecular flexibility index (Phi) is 7.47. The summed E-state index contributed by atoms with van der Waals surface area (Å²) in [6.45, 7) is 3.42. The van der Waals surface area contributed by atoms with Crippen molar-refractivity contribution in [2.24, 2.45) is 0 Å². The molecule has 3 aromatic carbocycles. The van der Waals surface area contributed by atoms with Crippen molar-refractivity contribution < 1.29 is 14.3 Å². The van der Waals surface area contributed by atoms with Crippen molar-refractivity contribution in [3.05, 3.63) is 113 Å². The van der Waals surface area contributed by atoms with Crippen molar-refractivity contribution in [2.45, 2.75) is 24.8 Å². The Hall–Kier alpha value is -4.23. The monoisotopic (exact) mass is 534 g/mol. The molecule has 6 rings (SSSR count). The molecule has 0 N–H and O–H groups in total. The van der Waals surface area contributed by atoms with Crippen molar-refractivity contribution in [1.29, 1.82) is 0 Å². The summed E-state index contributed by atoms with van der Waals surface area (Å²) in [4.78, 5) is 27.4. The van der Waals surface area contributed by atoms with Gasteiger partial charge in [0.25, 0.3) is 0 Å². The Labute approximate surface area is 235 Å². The summed E-state index contributed by atoms with van der Waals surface area (Å²) < 4.78 is 10.9. The normalized spacial score (nSPS) is 17.5. The van der Waals surface area contributed by atoms with Gasteiger partial charge in [-0.15, -0.1) is 0 Å². The molecule has 2 heterocycles. The summed E-state index contributed by atoms with van der Waals surface area (Å²) in [5, 5.41) is 0. The first kappa shape index (κ1) is 26.0. The zero-order valence-electron chi connectivity index (χ0n) is 23.0. The van der Waals surface area contributed by atoms with Gasteiger partial charge < -0.3 is 14.4 Å². The molecule has 40 heavy (non-hydrogen) atoms. The molecule has 1 aliphatic heterocycles. The maximum Gasteiger partial charge on any atom is 0.225 e. The largest absolute Gasteiger partial charge is 0.493 e. The number of piperazine rings is 1. The first-order chi connectivity index (χ1) is 19.6. The number of carbonyl (C=O) groups excluding carboxylic acids is 1. The van der Waals surface area contributed by atoms with Gasteiger partial charge in [-0.1, -0.05) is 66.7 Å². The molecule has 0 bridgehead atoms. The average molecular weight is 535 g/mol. The van der Waals surface area contributed by atoms with Crippen LogP contribution in [0.5, 0.6) is 11.5 Å². The summed E-state index contributed by atoms with van der Waals surface area (Å²) in [5.41, 5.74) is 5.12. The molecular formula is C33H34N4O3. The third-order valence-corrected chi connectivity index (χ3v) is 8.10. The van der Waals surface area contributed by atoms with E-state index in [9.17, 15) is 4.79 Å². The number of fused-ring (bicyclic) bond motifs is 1. The van der Waals surface area contributed by atoms with E-state index in [0.717, 1.165) is 37.4 Å². The zero-order chi connectivity index (χ0) is 27.5. The van der Waals surface area contributed by atoms with Crippen LogP contribution in [-0.2, 0) is 6.42 Å². The number of rotatable bonds is 7. The van der Waals surface area contributed by atoms with E-state index in [2.05, 4.69) is 75.4 Å². The van der Waals surface area contributed by atoms with Crippen molar-refractivity contribution in [3.8, 4) is 11.5 Å². The van der Waals surface area contributed by atoms with Gasteiger partial charge in [0.15, 0.2) is 17.3 Å². The molecule has 0 radical (unpaired) electrons. The molecule has 1 saturated heterocycles. The molecule has 1 atom stereocenters. The van der Waals surface area contributed by atoms with E-state index >= 15 is 0 Å². The number of Topliss-reactive ketones (excluding diaryl/α,β-unsaturated/α-hetero) is 1. The Bertz CT molecular complexity index is 1430. The van der Waals surface area contributed by atoms with E-state index in [1.807, 2.05) is 18.2 Å². The smallest absolute Gasteiger partial charge is 0.225 e. The quantitative estimate of drug-likeness (QED) is 0.318. The number of methoxy groups -OCH3 is 2. The Morgan fingerprint density at radius 1 is 0.800 bits per heavy atom. The highest BCUT2D eigenvalue weighted by atomic mass is 16.5. The van der Waals surface area contributed by atoms with Crippen LogP contribution >= 0.6 is 0 Å². The summed E-state index contributed by atoms with van der Waals surface area (Å²) >= 11 is 0. The summed E-state index contributed by atoms with van der Waals surface area (Å²) in [6.07, 6.45) is 2.86. The standard InChI is InChI=1S/C33H34N4O3/c1-39-30-14-13-25(21-31(30)40-2)26-19-28-27(29(38)20-26)22-34-33(35-28)37-17-15-36(16-18-37)32(23-9-5-3-6-10-23)24-11-7-4-8-12-24/h3-14,21-22,26,32H,15-20H2,1-2H3/t26-/m0/s1. The van der Waals surface area contributed by atoms with E-state index in [1.54, 1.807) is 20.4 Å². The summed E-state index contributed by atoms with van der Waals surface area (Å²) in [6, 6.07) is 27.5. The van der Waals surface area contributed by atoms with Crippen LogP contribution in [0.1, 0.15) is 51.1 Å². The summed E-state index contributed by atoms with van der Waals surface area (Å²) in [5.74, 6) is 2.18. The van der Waals surface area contributed by atoms with Crippen LogP contribution in [0.15, 0.2) is 85.1 Å². The van der Waals surface area contributed by atoms with Gasteiger partial charge in [-0.05, 0) is 41.2 Å². The van der Waals surface area contributed by atoms with Crippen molar-refractivity contribution in [2.75, 3.05) is 45.3 Å². The minimum atomic E-state index is 0.0388. The number of aromatic nitrogens is 2. The average Bonchev–Trinajstić information content (AvgIpc) is 3.02. The molecule has 0 unspecified atom stereocenters. The van der Waals surface area contributed by atoms with E-state index in [0.29, 0.717) is 35.9 Å². The van der Waals surface area contributed by atoms with E-state index in [-0.39, 0.29) is 17.7 Å². The highest BCUT2D eigenvalue weighted by Gasteiger charge is 2.31. The lowest BCUT2D eigenvalue weighted by Gasteiger charge is -2.40. The van der Waals surface area contributed by atoms with E-state index < -0.39 is 0 Å². The number of nitrogens with zero attached hydrogens (tertiary/aromatic N) is 4. The lowest BCUT2D eigenvalue weighted by molar-refractivity contribution is 0.0962. The second-order valence-corrected chi connectivity index (χ2v) is 10.4. The highest BCUT2D eigenvalue weighted by molar-refractivity contribution is 5.98. The Morgan fingerprint density at radius 3 is 2.08 bits per heavy atom. The van der Waals surface area contributed by atoms with Crippen LogP contribution in [0.4, 0.5) is 5.95 Å². The molecular weight excluding hydrogens is 500 g/mol. The van der Waals surface area contributed by atoms with E-state index in [4.69, 9.17) is 14.5 Å². The maximum atomic E-state index is 13.1. The molecule has 0 spiro atoms. The van der Waals surface area contributed by atoms with Crippen molar-refractivity contribution in [3.63, 3.8) is 0 Å². The molecule has 7 heteroatoms. The molecule has 4 aromatic rings. The predicted octanol–water partition coefficient (Wildman–Crippen LogP) is 5.32. The third kappa shape index (κ3) is 5.17. The van der Waals surface area contributed by atoms with Gasteiger partial charge in [-0.25, -0.2) is 9.97 Å². The molecule has 204 valence electrons. The number of anilines is 1. The van der Waals surface area contributed by atoms with Crippen LogP contribution < -0.4 is 14.4 Å². The van der Waals surface area contributed by atoms with E-state index in [1.165, 1.54) is 11.1 Å². The number of hydrogen-bond acceptors (Lipinski definition) is 7. The third-order valence-electron chi connectivity index (χ3n) is 8.10. The van der Waals surface area contributed by atoms with Gasteiger partial charge in [0.1, 0.15) is 0 Å². The Balaban J connectivity index is 1.19. The second-order valence-electron chi connectivity index (χ2n) is 10.4. The minimum Gasteiger partial charge on any atom is -0.493 e. The van der Waals surface area contributed by atoms with Crippen molar-refractivity contribution >= 4 is 11.7 Å². The molecule has 1 aromatic heterocycles. The molecule has 2 aliphatic rings. The van der Waals surface area contributed by atoms with Gasteiger partial charge in [0.05, 0.1) is 31.5 Å². The molecule has 0 saturated carbocycles. The topological polar surface area (TPSA) is 67.8 Å². The molecule has 7 nitrogen and oxygen atoms in total. The van der Waals surface area contributed by atoms with Gasteiger partial charge in [0, 0.05) is 38.8 Å².